The highest BCUT2D eigenvalue weighted by molar-refractivity contribution is 7.17. The first-order valence-corrected chi connectivity index (χ1v) is 9.97. The molecular formula is C20H20F2N2O4S. The Morgan fingerprint density at radius 1 is 1.14 bits per heavy atom. The van der Waals surface area contributed by atoms with Gasteiger partial charge in [0, 0.05) is 17.9 Å². The van der Waals surface area contributed by atoms with E-state index in [0.29, 0.717) is 11.4 Å². The average molecular weight is 422 g/mol. The quantitative estimate of drug-likeness (QED) is 0.712. The lowest BCUT2D eigenvalue weighted by molar-refractivity contribution is -0.123. The maximum atomic E-state index is 13.7. The van der Waals surface area contributed by atoms with E-state index in [1.165, 1.54) is 25.2 Å². The molecule has 0 bridgehead atoms. The van der Waals surface area contributed by atoms with Crippen molar-refractivity contribution in [2.45, 2.75) is 45.6 Å². The minimum Gasteiger partial charge on any atom is -0.449 e. The second-order valence-corrected chi connectivity index (χ2v) is 7.86. The van der Waals surface area contributed by atoms with Gasteiger partial charge in [-0.05, 0) is 50.3 Å². The Balaban J connectivity index is 1.77. The molecule has 2 N–H and O–H groups in total. The van der Waals surface area contributed by atoms with Gasteiger partial charge in [0.05, 0.1) is 11.3 Å². The number of benzene rings is 1. The summed E-state index contributed by atoms with van der Waals surface area (Å²) in [5.41, 5.74) is 0.750. The minimum absolute atomic E-state index is 0.261. The predicted octanol–water partition coefficient (Wildman–Crippen LogP) is 4.05. The molecule has 0 radical (unpaired) electrons. The first-order valence-electron chi connectivity index (χ1n) is 9.15. The fourth-order valence-electron chi connectivity index (χ4n) is 3.13. The first kappa shape index (κ1) is 20.9. The van der Waals surface area contributed by atoms with Crippen LogP contribution in [0.2, 0.25) is 0 Å². The summed E-state index contributed by atoms with van der Waals surface area (Å²) in [7, 11) is 0. The molecule has 0 aliphatic heterocycles. The Morgan fingerprint density at radius 3 is 2.59 bits per heavy atom. The number of halogens is 2. The molecule has 2 aromatic rings. The number of fused-ring (bicyclic) bond motifs is 1. The molecule has 0 saturated carbocycles. The van der Waals surface area contributed by atoms with Crippen LogP contribution in [0.1, 0.15) is 47.5 Å². The lowest BCUT2D eigenvalue weighted by Gasteiger charge is -2.16. The van der Waals surface area contributed by atoms with E-state index in [1.54, 1.807) is 0 Å². The van der Waals surface area contributed by atoms with Gasteiger partial charge in [-0.1, -0.05) is 0 Å². The highest BCUT2D eigenvalue weighted by Gasteiger charge is 2.29. The number of thiophene rings is 1. The molecule has 9 heteroatoms. The van der Waals surface area contributed by atoms with E-state index < -0.39 is 29.6 Å². The van der Waals surface area contributed by atoms with Gasteiger partial charge in [-0.15, -0.1) is 11.3 Å². The van der Waals surface area contributed by atoms with Gasteiger partial charge in [-0.3, -0.25) is 9.59 Å². The fraction of sp³-hybridized carbons (Fsp3) is 0.350. The van der Waals surface area contributed by atoms with Gasteiger partial charge in [-0.2, -0.15) is 0 Å². The number of aryl methyl sites for hydroxylation is 1. The Kier molecular flexibility index (Phi) is 6.26. The van der Waals surface area contributed by atoms with Crippen LogP contribution in [0.4, 0.5) is 19.5 Å². The van der Waals surface area contributed by atoms with E-state index in [9.17, 15) is 23.2 Å². The molecular weight excluding hydrogens is 402 g/mol. The maximum Gasteiger partial charge on any atom is 0.342 e. The molecule has 29 heavy (non-hydrogen) atoms. The van der Waals surface area contributed by atoms with Crippen molar-refractivity contribution in [2.24, 2.45) is 0 Å². The van der Waals surface area contributed by atoms with Gasteiger partial charge in [-0.25, -0.2) is 13.6 Å². The molecule has 1 atom stereocenters. The van der Waals surface area contributed by atoms with Crippen LogP contribution >= 0.6 is 11.3 Å². The largest absolute Gasteiger partial charge is 0.449 e. The molecule has 6 nitrogen and oxygen atoms in total. The normalized spacial score (nSPS) is 13.9. The van der Waals surface area contributed by atoms with Gasteiger partial charge in [0.25, 0.3) is 5.91 Å². The molecule has 2 amide bonds. The van der Waals surface area contributed by atoms with Crippen molar-refractivity contribution in [2.75, 3.05) is 10.6 Å². The number of amides is 2. The number of carbonyl (C=O) groups excluding carboxylic acids is 3. The Labute approximate surface area is 170 Å². The second kappa shape index (κ2) is 8.69. The van der Waals surface area contributed by atoms with Crippen LogP contribution < -0.4 is 10.6 Å². The molecule has 1 unspecified atom stereocenters. The summed E-state index contributed by atoms with van der Waals surface area (Å²) in [4.78, 5) is 37.6. The molecule has 1 aromatic heterocycles. The zero-order valence-corrected chi connectivity index (χ0v) is 16.8. The third kappa shape index (κ3) is 4.79. The Hall–Kier alpha value is -2.81. The lowest BCUT2D eigenvalue weighted by atomic mass is 9.95. The molecule has 0 saturated heterocycles. The van der Waals surface area contributed by atoms with Crippen molar-refractivity contribution < 1.29 is 27.9 Å². The molecule has 1 aliphatic carbocycles. The summed E-state index contributed by atoms with van der Waals surface area (Å²) < 4.78 is 32.3. The van der Waals surface area contributed by atoms with Crippen molar-refractivity contribution in [3.63, 3.8) is 0 Å². The number of carbonyl (C=O) groups is 3. The molecule has 154 valence electrons. The van der Waals surface area contributed by atoms with Crippen molar-refractivity contribution in [3.8, 4) is 0 Å². The summed E-state index contributed by atoms with van der Waals surface area (Å²) in [6.45, 7) is 2.68. The van der Waals surface area contributed by atoms with Crippen LogP contribution in [-0.4, -0.2) is 23.9 Å². The maximum absolute atomic E-state index is 13.7. The van der Waals surface area contributed by atoms with Crippen LogP contribution in [0.3, 0.4) is 0 Å². The van der Waals surface area contributed by atoms with E-state index in [1.807, 2.05) is 0 Å². The van der Waals surface area contributed by atoms with Crippen LogP contribution in [0.5, 0.6) is 0 Å². The SMILES string of the molecule is CC(=O)Nc1sc2c(c1C(=O)OC(C)C(=O)Nc1cc(F)ccc1F)CCCC2. The summed E-state index contributed by atoms with van der Waals surface area (Å²) in [5.74, 6) is -3.37. The lowest BCUT2D eigenvalue weighted by Crippen LogP contribution is -2.30. The molecule has 1 heterocycles. The van der Waals surface area contributed by atoms with Crippen LogP contribution in [0.25, 0.3) is 0 Å². The van der Waals surface area contributed by atoms with Crippen LogP contribution in [0.15, 0.2) is 18.2 Å². The molecule has 0 spiro atoms. The number of hydrogen-bond acceptors (Lipinski definition) is 5. The van der Waals surface area contributed by atoms with Crippen molar-refractivity contribution >= 4 is 39.8 Å². The topological polar surface area (TPSA) is 84.5 Å². The van der Waals surface area contributed by atoms with E-state index in [4.69, 9.17) is 4.74 Å². The second-order valence-electron chi connectivity index (χ2n) is 6.76. The van der Waals surface area contributed by atoms with Crippen LogP contribution in [0, 0.1) is 11.6 Å². The molecule has 3 rings (SSSR count). The average Bonchev–Trinajstić information content (AvgIpc) is 3.01. The third-order valence-electron chi connectivity index (χ3n) is 4.50. The van der Waals surface area contributed by atoms with Gasteiger partial charge < -0.3 is 15.4 Å². The van der Waals surface area contributed by atoms with Crippen LogP contribution in [-0.2, 0) is 27.2 Å². The van der Waals surface area contributed by atoms with Crippen molar-refractivity contribution in [1.29, 1.82) is 0 Å². The number of nitrogens with one attached hydrogen (secondary N) is 2. The smallest absolute Gasteiger partial charge is 0.342 e. The first-order chi connectivity index (χ1) is 13.8. The van der Waals surface area contributed by atoms with E-state index in [-0.39, 0.29) is 17.2 Å². The number of esters is 1. The zero-order chi connectivity index (χ0) is 21.1. The van der Waals surface area contributed by atoms with Gasteiger partial charge in [0.1, 0.15) is 16.6 Å². The summed E-state index contributed by atoms with van der Waals surface area (Å²) in [5, 5.41) is 5.27. The van der Waals surface area contributed by atoms with Gasteiger partial charge >= 0.3 is 5.97 Å². The van der Waals surface area contributed by atoms with Crippen molar-refractivity contribution in [3.05, 3.63) is 45.8 Å². The number of rotatable bonds is 5. The zero-order valence-electron chi connectivity index (χ0n) is 15.9. The molecule has 1 aromatic carbocycles. The monoisotopic (exact) mass is 422 g/mol. The van der Waals surface area contributed by atoms with Crippen molar-refractivity contribution in [1.82, 2.24) is 0 Å². The minimum atomic E-state index is -1.26. The molecule has 1 aliphatic rings. The highest BCUT2D eigenvalue weighted by Crippen LogP contribution is 2.38. The number of ether oxygens (including phenoxy) is 1. The summed E-state index contributed by atoms with van der Waals surface area (Å²) in [6, 6.07) is 2.66. The van der Waals surface area contributed by atoms with Gasteiger partial charge in [0.15, 0.2) is 6.10 Å². The standard InChI is InChI=1S/C20H20F2N2O4S/c1-10(18(26)24-15-9-12(21)7-8-14(15)22)28-20(27)17-13-5-3-4-6-16(13)29-19(17)23-11(2)25/h7-10H,3-6H2,1-2H3,(H,23,25)(H,24,26). The Bertz CT molecular complexity index is 974. The Morgan fingerprint density at radius 2 is 1.86 bits per heavy atom. The predicted molar refractivity (Wildman–Crippen MR) is 105 cm³/mol. The van der Waals surface area contributed by atoms with E-state index >= 15 is 0 Å². The highest BCUT2D eigenvalue weighted by atomic mass is 32.1. The summed E-state index contributed by atoms with van der Waals surface area (Å²) >= 11 is 1.34. The number of hydrogen-bond donors (Lipinski definition) is 2. The van der Waals surface area contributed by atoms with E-state index in [2.05, 4.69) is 10.6 Å². The summed E-state index contributed by atoms with van der Waals surface area (Å²) in [6.07, 6.45) is 2.16. The molecule has 0 fully saturated rings. The third-order valence-corrected chi connectivity index (χ3v) is 5.71. The fourth-order valence-corrected chi connectivity index (χ4v) is 4.45. The number of anilines is 2. The van der Waals surface area contributed by atoms with Gasteiger partial charge in [0.2, 0.25) is 5.91 Å². The van der Waals surface area contributed by atoms with E-state index in [0.717, 1.165) is 47.9 Å².